The number of carbonyl (C=O) groups is 1. The van der Waals surface area contributed by atoms with Crippen LogP contribution < -0.4 is 10.1 Å². The first-order valence-electron chi connectivity index (χ1n) is 7.91. The molecule has 26 heavy (non-hydrogen) atoms. The minimum atomic E-state index is -3.54. The van der Waals surface area contributed by atoms with Gasteiger partial charge in [-0.15, -0.1) is 0 Å². The van der Waals surface area contributed by atoms with Crippen LogP contribution in [0.25, 0.3) is 10.2 Å². The number of aromatic nitrogens is 1. The molecule has 0 atom stereocenters. The van der Waals surface area contributed by atoms with Gasteiger partial charge in [0.25, 0.3) is 0 Å². The SMILES string of the molecule is COc1ccc(S(=O)(=O)CCC(=O)Nc2nc3ccc(C)cc3s2)cc1. The van der Waals surface area contributed by atoms with E-state index in [4.69, 9.17) is 4.74 Å². The largest absolute Gasteiger partial charge is 0.497 e. The van der Waals surface area contributed by atoms with Crippen molar-refractivity contribution in [2.24, 2.45) is 0 Å². The van der Waals surface area contributed by atoms with Gasteiger partial charge in [0.1, 0.15) is 5.75 Å². The molecule has 3 rings (SSSR count). The van der Waals surface area contributed by atoms with Crippen molar-refractivity contribution in [1.29, 1.82) is 0 Å². The average Bonchev–Trinajstić information content (AvgIpc) is 3.01. The fourth-order valence-corrected chi connectivity index (χ4v) is 4.62. The summed E-state index contributed by atoms with van der Waals surface area (Å²) in [5, 5.41) is 3.15. The summed E-state index contributed by atoms with van der Waals surface area (Å²) in [6, 6.07) is 12.0. The molecule has 3 aromatic rings. The lowest BCUT2D eigenvalue weighted by Gasteiger charge is -2.06. The molecule has 0 aliphatic carbocycles. The molecule has 1 heterocycles. The van der Waals surface area contributed by atoms with Gasteiger partial charge in [-0.3, -0.25) is 4.79 Å². The van der Waals surface area contributed by atoms with Crippen molar-refractivity contribution >= 4 is 42.4 Å². The number of aryl methyl sites for hydroxylation is 1. The van der Waals surface area contributed by atoms with E-state index in [2.05, 4.69) is 10.3 Å². The van der Waals surface area contributed by atoms with Gasteiger partial charge in [0.15, 0.2) is 15.0 Å². The van der Waals surface area contributed by atoms with Crippen molar-refractivity contribution in [3.8, 4) is 5.75 Å². The number of rotatable bonds is 6. The van der Waals surface area contributed by atoms with Crippen LogP contribution in [0.5, 0.6) is 5.75 Å². The summed E-state index contributed by atoms with van der Waals surface area (Å²) >= 11 is 1.37. The predicted octanol–water partition coefficient (Wildman–Crippen LogP) is 3.42. The van der Waals surface area contributed by atoms with Gasteiger partial charge in [0.05, 0.1) is 28.0 Å². The molecule has 1 amide bonds. The monoisotopic (exact) mass is 390 g/mol. The Balaban J connectivity index is 1.63. The summed E-state index contributed by atoms with van der Waals surface area (Å²) in [5.74, 6) is -0.0690. The van der Waals surface area contributed by atoms with Crippen LogP contribution in [0.2, 0.25) is 0 Å². The minimum absolute atomic E-state index is 0.136. The van der Waals surface area contributed by atoms with Crippen LogP contribution in [0.15, 0.2) is 47.4 Å². The molecule has 0 radical (unpaired) electrons. The molecular formula is C18H18N2O4S2. The molecule has 0 aliphatic rings. The van der Waals surface area contributed by atoms with Crippen molar-refractivity contribution in [3.05, 3.63) is 48.0 Å². The number of amides is 1. The standard InChI is InChI=1S/C18H18N2O4S2/c1-12-3-8-15-16(11-12)25-18(19-15)20-17(21)9-10-26(22,23)14-6-4-13(24-2)5-7-14/h3-8,11H,9-10H2,1-2H3,(H,19,20,21). The van der Waals surface area contributed by atoms with Gasteiger partial charge in [-0.05, 0) is 48.9 Å². The van der Waals surface area contributed by atoms with Crippen molar-refractivity contribution in [2.45, 2.75) is 18.2 Å². The first-order chi connectivity index (χ1) is 12.4. The van der Waals surface area contributed by atoms with Crippen LogP contribution in [-0.2, 0) is 14.6 Å². The highest BCUT2D eigenvalue weighted by atomic mass is 32.2. The first-order valence-corrected chi connectivity index (χ1v) is 10.4. The van der Waals surface area contributed by atoms with Crippen LogP contribution in [0, 0.1) is 6.92 Å². The first kappa shape index (κ1) is 18.3. The molecule has 0 unspecified atom stereocenters. The second-order valence-corrected chi connectivity index (χ2v) is 8.92. The Morgan fingerprint density at radius 1 is 1.19 bits per heavy atom. The van der Waals surface area contributed by atoms with Crippen LogP contribution in [-0.4, -0.2) is 32.2 Å². The van der Waals surface area contributed by atoms with E-state index >= 15 is 0 Å². The number of carbonyl (C=O) groups excluding carboxylic acids is 1. The molecule has 0 bridgehead atoms. The molecule has 0 aliphatic heterocycles. The van der Waals surface area contributed by atoms with Crippen LogP contribution in [0.1, 0.15) is 12.0 Å². The lowest BCUT2D eigenvalue weighted by atomic mass is 10.2. The minimum Gasteiger partial charge on any atom is -0.497 e. The zero-order valence-electron chi connectivity index (χ0n) is 14.4. The molecule has 0 saturated carbocycles. The van der Waals surface area contributed by atoms with E-state index in [0.717, 1.165) is 15.8 Å². The quantitative estimate of drug-likeness (QED) is 0.697. The number of hydrogen-bond donors (Lipinski definition) is 1. The maximum absolute atomic E-state index is 12.3. The molecule has 1 N–H and O–H groups in total. The normalized spacial score (nSPS) is 11.5. The number of sulfone groups is 1. The highest BCUT2D eigenvalue weighted by molar-refractivity contribution is 7.91. The Morgan fingerprint density at radius 3 is 2.62 bits per heavy atom. The number of fused-ring (bicyclic) bond motifs is 1. The van der Waals surface area contributed by atoms with Gasteiger partial charge in [-0.1, -0.05) is 17.4 Å². The second kappa shape index (κ2) is 7.43. The molecule has 2 aromatic carbocycles. The summed E-state index contributed by atoms with van der Waals surface area (Å²) in [5.41, 5.74) is 1.92. The topological polar surface area (TPSA) is 85.4 Å². The number of nitrogens with one attached hydrogen (secondary N) is 1. The van der Waals surface area contributed by atoms with E-state index in [1.165, 1.54) is 30.6 Å². The summed E-state index contributed by atoms with van der Waals surface area (Å²) in [6.45, 7) is 1.99. The number of thiazole rings is 1. The third-order valence-corrected chi connectivity index (χ3v) is 6.47. The molecule has 6 nitrogen and oxygen atoms in total. The highest BCUT2D eigenvalue weighted by Gasteiger charge is 2.17. The van der Waals surface area contributed by atoms with E-state index in [0.29, 0.717) is 10.9 Å². The van der Waals surface area contributed by atoms with Crippen LogP contribution in [0.3, 0.4) is 0 Å². The maximum Gasteiger partial charge on any atom is 0.227 e. The van der Waals surface area contributed by atoms with E-state index < -0.39 is 9.84 Å². The summed E-state index contributed by atoms with van der Waals surface area (Å²) in [7, 11) is -2.03. The van der Waals surface area contributed by atoms with Gasteiger partial charge in [0, 0.05) is 6.42 Å². The number of ether oxygens (including phenoxy) is 1. The highest BCUT2D eigenvalue weighted by Crippen LogP contribution is 2.26. The Morgan fingerprint density at radius 2 is 1.92 bits per heavy atom. The third-order valence-electron chi connectivity index (χ3n) is 3.81. The van der Waals surface area contributed by atoms with Crippen LogP contribution in [0.4, 0.5) is 5.13 Å². The lowest BCUT2D eigenvalue weighted by Crippen LogP contribution is -2.17. The molecule has 8 heteroatoms. The average molecular weight is 390 g/mol. The van der Waals surface area contributed by atoms with Crippen molar-refractivity contribution in [2.75, 3.05) is 18.2 Å². The third kappa shape index (κ3) is 4.20. The smallest absolute Gasteiger partial charge is 0.227 e. The fraction of sp³-hybridized carbons (Fsp3) is 0.222. The Kier molecular flexibility index (Phi) is 5.24. The van der Waals surface area contributed by atoms with Gasteiger partial charge in [0.2, 0.25) is 5.91 Å². The molecule has 1 aromatic heterocycles. The second-order valence-electron chi connectivity index (χ2n) is 5.78. The lowest BCUT2D eigenvalue weighted by molar-refractivity contribution is -0.115. The van der Waals surface area contributed by atoms with Crippen LogP contribution >= 0.6 is 11.3 Å². The molecule has 136 valence electrons. The number of nitrogens with zero attached hydrogens (tertiary/aromatic N) is 1. The van der Waals surface area contributed by atoms with Gasteiger partial charge in [-0.2, -0.15) is 0 Å². The predicted molar refractivity (Wildman–Crippen MR) is 103 cm³/mol. The van der Waals surface area contributed by atoms with E-state index in [-0.39, 0.29) is 23.0 Å². The summed E-state index contributed by atoms with van der Waals surface area (Å²) in [4.78, 5) is 16.6. The fourth-order valence-electron chi connectivity index (χ4n) is 2.40. The zero-order valence-corrected chi connectivity index (χ0v) is 16.0. The maximum atomic E-state index is 12.3. The number of benzene rings is 2. The van der Waals surface area contributed by atoms with Gasteiger partial charge < -0.3 is 10.1 Å². The Labute approximate surface area is 155 Å². The van der Waals surface area contributed by atoms with E-state index in [1.807, 2.05) is 25.1 Å². The molecule has 0 fully saturated rings. The van der Waals surface area contributed by atoms with Crippen molar-refractivity contribution in [1.82, 2.24) is 4.98 Å². The van der Waals surface area contributed by atoms with Crippen molar-refractivity contribution < 1.29 is 17.9 Å². The van der Waals surface area contributed by atoms with E-state index in [1.54, 1.807) is 12.1 Å². The molecule has 0 saturated heterocycles. The van der Waals surface area contributed by atoms with Gasteiger partial charge >= 0.3 is 0 Å². The van der Waals surface area contributed by atoms with Gasteiger partial charge in [-0.25, -0.2) is 13.4 Å². The summed E-state index contributed by atoms with van der Waals surface area (Å²) in [6.07, 6.45) is -0.136. The Hall–Kier alpha value is -2.45. The number of anilines is 1. The zero-order chi connectivity index (χ0) is 18.7. The van der Waals surface area contributed by atoms with E-state index in [9.17, 15) is 13.2 Å². The van der Waals surface area contributed by atoms with Crippen molar-refractivity contribution in [3.63, 3.8) is 0 Å². The molecular weight excluding hydrogens is 372 g/mol. The summed E-state index contributed by atoms with van der Waals surface area (Å²) < 4.78 is 30.7. The number of methoxy groups -OCH3 is 1. The number of hydrogen-bond acceptors (Lipinski definition) is 6. The molecule has 0 spiro atoms. The Bertz CT molecular complexity index is 1040.